The highest BCUT2D eigenvalue weighted by Crippen LogP contribution is 2.38. The van der Waals surface area contributed by atoms with Crippen LogP contribution in [0.3, 0.4) is 0 Å². The van der Waals surface area contributed by atoms with Gasteiger partial charge in [0.2, 0.25) is 5.89 Å². The zero-order valence-electron chi connectivity index (χ0n) is 16.8. The Balaban J connectivity index is 1.57. The Hall–Kier alpha value is -3.63. The van der Waals surface area contributed by atoms with Crippen molar-refractivity contribution >= 4 is 11.6 Å². The average Bonchev–Trinajstić information content (AvgIpc) is 3.32. The van der Waals surface area contributed by atoms with Crippen LogP contribution in [0.1, 0.15) is 66.5 Å². The van der Waals surface area contributed by atoms with Gasteiger partial charge in [-0.1, -0.05) is 30.3 Å². The lowest BCUT2D eigenvalue weighted by molar-refractivity contribution is -0.384. The number of benzene rings is 1. The summed E-state index contributed by atoms with van der Waals surface area (Å²) in [6.07, 6.45) is 2.11. The highest BCUT2D eigenvalue weighted by molar-refractivity contribution is 5.93. The molecule has 1 aliphatic rings. The molecule has 4 rings (SSSR count). The summed E-state index contributed by atoms with van der Waals surface area (Å²) in [6, 6.07) is 5.50. The van der Waals surface area contributed by atoms with Crippen LogP contribution in [0, 0.1) is 23.0 Å². The van der Waals surface area contributed by atoms with E-state index in [9.17, 15) is 14.9 Å². The maximum Gasteiger partial charge on any atom is 0.274 e. The molecule has 1 fully saturated rings. The molecule has 11 heteroatoms. The molecule has 2 aromatic heterocycles. The third kappa shape index (κ3) is 3.78. The smallest absolute Gasteiger partial charge is 0.274 e. The standard InChI is InChI=1S/C19H21N7O4/c1-10(2)15(19-21-17(23-30-19)12-7-8-12)20-18(27)16-11(3)25(24-22-16)13-5-4-6-14(9-13)26(28)29/h4-6,9-10,12,15H,7-8H2,1-3H3,(H,20,27). The first-order valence-corrected chi connectivity index (χ1v) is 9.66. The molecule has 1 saturated carbocycles. The third-order valence-electron chi connectivity index (χ3n) is 5.01. The molecule has 2 heterocycles. The first-order chi connectivity index (χ1) is 14.3. The number of amides is 1. The molecule has 1 atom stereocenters. The Bertz CT molecular complexity index is 1100. The minimum Gasteiger partial charge on any atom is -0.339 e. The second-order valence-corrected chi connectivity index (χ2v) is 7.67. The summed E-state index contributed by atoms with van der Waals surface area (Å²) in [5.41, 5.74) is 0.949. The number of carbonyl (C=O) groups is 1. The van der Waals surface area contributed by atoms with E-state index in [4.69, 9.17) is 4.52 Å². The van der Waals surface area contributed by atoms with Crippen LogP contribution < -0.4 is 5.32 Å². The number of nitrogens with zero attached hydrogens (tertiary/aromatic N) is 6. The van der Waals surface area contributed by atoms with Gasteiger partial charge >= 0.3 is 0 Å². The largest absolute Gasteiger partial charge is 0.339 e. The van der Waals surface area contributed by atoms with Gasteiger partial charge in [0.1, 0.15) is 6.04 Å². The maximum absolute atomic E-state index is 12.9. The van der Waals surface area contributed by atoms with E-state index in [0.29, 0.717) is 29.0 Å². The molecule has 1 N–H and O–H groups in total. The summed E-state index contributed by atoms with van der Waals surface area (Å²) in [5, 5.41) is 25.9. The molecule has 3 aromatic rings. The van der Waals surface area contributed by atoms with E-state index in [0.717, 1.165) is 12.8 Å². The fraction of sp³-hybridized carbons (Fsp3) is 0.421. The predicted octanol–water partition coefficient (Wildman–Crippen LogP) is 2.87. The lowest BCUT2D eigenvalue weighted by Crippen LogP contribution is -2.32. The van der Waals surface area contributed by atoms with E-state index >= 15 is 0 Å². The van der Waals surface area contributed by atoms with Crippen molar-refractivity contribution in [1.82, 2.24) is 30.5 Å². The van der Waals surface area contributed by atoms with Gasteiger partial charge in [-0.25, -0.2) is 4.68 Å². The first-order valence-electron chi connectivity index (χ1n) is 9.66. The van der Waals surface area contributed by atoms with Gasteiger partial charge in [-0.05, 0) is 31.7 Å². The van der Waals surface area contributed by atoms with Crippen LogP contribution in [-0.4, -0.2) is 36.0 Å². The summed E-state index contributed by atoms with van der Waals surface area (Å²) in [7, 11) is 0. The molecular formula is C19H21N7O4. The quantitative estimate of drug-likeness (QED) is 0.462. The van der Waals surface area contributed by atoms with Crippen molar-refractivity contribution in [2.75, 3.05) is 0 Å². The third-order valence-corrected chi connectivity index (χ3v) is 5.01. The Morgan fingerprint density at radius 1 is 1.37 bits per heavy atom. The average molecular weight is 411 g/mol. The van der Waals surface area contributed by atoms with Crippen LogP contribution in [0.2, 0.25) is 0 Å². The number of hydrogen-bond acceptors (Lipinski definition) is 8. The van der Waals surface area contributed by atoms with Gasteiger partial charge in [-0.2, -0.15) is 4.98 Å². The summed E-state index contributed by atoms with van der Waals surface area (Å²) >= 11 is 0. The molecule has 30 heavy (non-hydrogen) atoms. The maximum atomic E-state index is 12.9. The van der Waals surface area contributed by atoms with Crippen LogP contribution in [-0.2, 0) is 0 Å². The van der Waals surface area contributed by atoms with Crippen LogP contribution in [0.5, 0.6) is 0 Å². The molecule has 0 aliphatic heterocycles. The molecule has 1 aliphatic carbocycles. The van der Waals surface area contributed by atoms with Crippen molar-refractivity contribution < 1.29 is 14.2 Å². The Morgan fingerprint density at radius 3 is 2.80 bits per heavy atom. The molecule has 1 aromatic carbocycles. The topological polar surface area (TPSA) is 142 Å². The molecule has 0 saturated heterocycles. The van der Waals surface area contributed by atoms with Crippen molar-refractivity contribution in [2.45, 2.75) is 45.6 Å². The number of nitro benzene ring substituents is 1. The Morgan fingerprint density at radius 2 is 2.13 bits per heavy atom. The normalized spacial score (nSPS) is 14.7. The van der Waals surface area contributed by atoms with E-state index < -0.39 is 16.9 Å². The zero-order valence-corrected chi connectivity index (χ0v) is 16.8. The van der Waals surface area contributed by atoms with Gasteiger partial charge in [0.05, 0.1) is 16.3 Å². The van der Waals surface area contributed by atoms with Crippen LogP contribution in [0.25, 0.3) is 5.69 Å². The van der Waals surface area contributed by atoms with E-state index in [1.54, 1.807) is 19.1 Å². The van der Waals surface area contributed by atoms with Crippen molar-refractivity contribution in [3.63, 3.8) is 0 Å². The van der Waals surface area contributed by atoms with E-state index in [1.807, 2.05) is 13.8 Å². The number of carbonyl (C=O) groups excluding carboxylic acids is 1. The van der Waals surface area contributed by atoms with Crippen molar-refractivity contribution in [2.24, 2.45) is 5.92 Å². The molecule has 11 nitrogen and oxygen atoms in total. The van der Waals surface area contributed by atoms with Crippen LogP contribution >= 0.6 is 0 Å². The molecule has 0 bridgehead atoms. The van der Waals surface area contributed by atoms with Gasteiger partial charge in [0.25, 0.3) is 11.6 Å². The summed E-state index contributed by atoms with van der Waals surface area (Å²) in [4.78, 5) is 27.9. The van der Waals surface area contributed by atoms with Crippen LogP contribution in [0.4, 0.5) is 5.69 Å². The second kappa shape index (κ2) is 7.65. The van der Waals surface area contributed by atoms with Crippen molar-refractivity contribution in [3.05, 3.63) is 57.5 Å². The zero-order chi connectivity index (χ0) is 21.4. The molecule has 1 unspecified atom stereocenters. The highest BCUT2D eigenvalue weighted by Gasteiger charge is 2.32. The molecule has 156 valence electrons. The minimum atomic E-state index is -0.489. The molecule has 0 radical (unpaired) electrons. The Labute approximate surface area is 171 Å². The molecular weight excluding hydrogens is 390 g/mol. The summed E-state index contributed by atoms with van der Waals surface area (Å²) in [5.74, 6) is 0.965. The number of nitrogens with one attached hydrogen (secondary N) is 1. The molecule has 0 spiro atoms. The number of rotatable bonds is 7. The monoisotopic (exact) mass is 411 g/mol. The van der Waals surface area contributed by atoms with E-state index in [1.165, 1.54) is 16.8 Å². The minimum absolute atomic E-state index is 0.00794. The van der Waals surface area contributed by atoms with Crippen molar-refractivity contribution in [1.29, 1.82) is 0 Å². The number of aromatic nitrogens is 5. The van der Waals surface area contributed by atoms with Gasteiger partial charge in [0, 0.05) is 18.1 Å². The predicted molar refractivity (Wildman–Crippen MR) is 104 cm³/mol. The number of hydrogen-bond donors (Lipinski definition) is 1. The first kappa shape index (κ1) is 19.7. The lowest BCUT2D eigenvalue weighted by Gasteiger charge is -2.18. The lowest BCUT2D eigenvalue weighted by atomic mass is 10.0. The highest BCUT2D eigenvalue weighted by atomic mass is 16.6. The Kier molecular flexibility index (Phi) is 5.02. The van der Waals surface area contributed by atoms with Crippen LogP contribution in [0.15, 0.2) is 28.8 Å². The van der Waals surface area contributed by atoms with Gasteiger partial charge < -0.3 is 9.84 Å². The van der Waals surface area contributed by atoms with E-state index in [-0.39, 0.29) is 17.3 Å². The number of nitro groups is 1. The van der Waals surface area contributed by atoms with Gasteiger partial charge in [0.15, 0.2) is 11.5 Å². The molecule has 1 amide bonds. The second-order valence-electron chi connectivity index (χ2n) is 7.67. The summed E-state index contributed by atoms with van der Waals surface area (Å²) < 4.78 is 6.78. The fourth-order valence-electron chi connectivity index (χ4n) is 3.13. The van der Waals surface area contributed by atoms with Gasteiger partial charge in [-0.3, -0.25) is 14.9 Å². The van der Waals surface area contributed by atoms with E-state index in [2.05, 4.69) is 25.8 Å². The van der Waals surface area contributed by atoms with Crippen molar-refractivity contribution in [3.8, 4) is 5.69 Å². The number of non-ortho nitro benzene ring substituents is 1. The summed E-state index contributed by atoms with van der Waals surface area (Å²) in [6.45, 7) is 5.56. The van der Waals surface area contributed by atoms with Gasteiger partial charge in [-0.15, -0.1) is 5.10 Å². The SMILES string of the molecule is Cc1c(C(=O)NC(c2nc(C3CC3)no2)C(C)C)nnn1-c1cccc([N+](=O)[O-])c1. The fourth-order valence-corrected chi connectivity index (χ4v) is 3.13.